The van der Waals surface area contributed by atoms with Crippen molar-refractivity contribution in [3.05, 3.63) is 0 Å². The molecule has 0 aromatic rings. The summed E-state index contributed by atoms with van der Waals surface area (Å²) < 4.78 is 11.0. The first-order valence-electron chi connectivity index (χ1n) is 7.06. The van der Waals surface area contributed by atoms with Crippen molar-refractivity contribution in [3.8, 4) is 0 Å². The van der Waals surface area contributed by atoms with Gasteiger partial charge in [0.1, 0.15) is 0 Å². The lowest BCUT2D eigenvalue weighted by Crippen LogP contribution is -2.37. The van der Waals surface area contributed by atoms with E-state index in [1.54, 1.807) is 0 Å². The largest absolute Gasteiger partial charge is 0.465 e. The molecular formula is C15H30O3. The second-order valence-electron chi connectivity index (χ2n) is 6.10. The summed E-state index contributed by atoms with van der Waals surface area (Å²) in [5.74, 6) is -0.119. The zero-order valence-electron chi connectivity index (χ0n) is 13.0. The van der Waals surface area contributed by atoms with Gasteiger partial charge in [0.05, 0.1) is 17.6 Å². The third-order valence-electron chi connectivity index (χ3n) is 2.94. The van der Waals surface area contributed by atoms with Crippen molar-refractivity contribution in [2.45, 2.75) is 72.8 Å². The van der Waals surface area contributed by atoms with E-state index in [0.29, 0.717) is 19.6 Å². The summed E-state index contributed by atoms with van der Waals surface area (Å²) in [7, 11) is 0. The Bertz CT molecular complexity index is 244. The van der Waals surface area contributed by atoms with Gasteiger partial charge < -0.3 is 9.47 Å². The predicted molar refractivity (Wildman–Crippen MR) is 74.6 cm³/mol. The fraction of sp³-hybridized carbons (Fsp3) is 0.933. The number of hydrogen-bond donors (Lipinski definition) is 0. The monoisotopic (exact) mass is 258 g/mol. The van der Waals surface area contributed by atoms with E-state index in [-0.39, 0.29) is 11.6 Å². The van der Waals surface area contributed by atoms with Gasteiger partial charge in [-0.2, -0.15) is 0 Å². The van der Waals surface area contributed by atoms with E-state index in [9.17, 15) is 4.79 Å². The van der Waals surface area contributed by atoms with Gasteiger partial charge in [-0.25, -0.2) is 0 Å². The average molecular weight is 258 g/mol. The molecule has 0 saturated carbocycles. The molecule has 0 aromatic carbocycles. The molecule has 0 rings (SSSR count). The van der Waals surface area contributed by atoms with Crippen LogP contribution in [0.2, 0.25) is 0 Å². The number of carbonyl (C=O) groups is 1. The second-order valence-corrected chi connectivity index (χ2v) is 6.10. The molecule has 3 nitrogen and oxygen atoms in total. The van der Waals surface area contributed by atoms with Crippen molar-refractivity contribution in [1.29, 1.82) is 0 Å². The van der Waals surface area contributed by atoms with Crippen LogP contribution in [0.25, 0.3) is 0 Å². The second kappa shape index (κ2) is 7.78. The average Bonchev–Trinajstić information content (AvgIpc) is 2.22. The molecule has 0 aliphatic rings. The highest BCUT2D eigenvalue weighted by molar-refractivity contribution is 5.76. The van der Waals surface area contributed by atoms with Crippen molar-refractivity contribution < 1.29 is 14.3 Å². The Kier molecular flexibility index (Phi) is 7.53. The van der Waals surface area contributed by atoms with Crippen LogP contribution in [0.3, 0.4) is 0 Å². The summed E-state index contributed by atoms with van der Waals surface area (Å²) in [5, 5.41) is 0. The lowest BCUT2D eigenvalue weighted by atomic mass is 9.81. The molecule has 0 spiro atoms. The zero-order valence-corrected chi connectivity index (χ0v) is 13.0. The van der Waals surface area contributed by atoms with Crippen LogP contribution < -0.4 is 0 Å². The number of ether oxygens (including phenoxy) is 2. The molecular weight excluding hydrogens is 228 g/mol. The van der Waals surface area contributed by atoms with Crippen LogP contribution in [0.5, 0.6) is 0 Å². The molecule has 0 bridgehead atoms. The Balaban J connectivity index is 4.21. The van der Waals surface area contributed by atoms with Crippen LogP contribution in [0, 0.1) is 5.41 Å². The summed E-state index contributed by atoms with van der Waals surface area (Å²) in [6, 6.07) is 0. The van der Waals surface area contributed by atoms with Gasteiger partial charge in [-0.3, -0.25) is 4.79 Å². The Hall–Kier alpha value is -0.570. The lowest BCUT2D eigenvalue weighted by molar-refractivity contribution is -0.158. The molecule has 0 unspecified atom stereocenters. The fourth-order valence-electron chi connectivity index (χ4n) is 2.29. The molecule has 0 amide bonds. The van der Waals surface area contributed by atoms with E-state index in [4.69, 9.17) is 9.47 Å². The molecule has 108 valence electrons. The minimum absolute atomic E-state index is 0.119. The maximum Gasteiger partial charge on any atom is 0.311 e. The third-order valence-corrected chi connectivity index (χ3v) is 2.94. The van der Waals surface area contributed by atoms with Crippen molar-refractivity contribution in [2.75, 3.05) is 13.2 Å². The van der Waals surface area contributed by atoms with Gasteiger partial charge in [-0.05, 0) is 47.5 Å². The van der Waals surface area contributed by atoms with Gasteiger partial charge in [0, 0.05) is 6.61 Å². The highest BCUT2D eigenvalue weighted by Gasteiger charge is 2.36. The van der Waals surface area contributed by atoms with Gasteiger partial charge in [0.2, 0.25) is 0 Å². The highest BCUT2D eigenvalue weighted by atomic mass is 16.5. The van der Waals surface area contributed by atoms with Gasteiger partial charge in [0.25, 0.3) is 0 Å². The van der Waals surface area contributed by atoms with E-state index < -0.39 is 5.41 Å². The maximum absolute atomic E-state index is 12.0. The van der Waals surface area contributed by atoms with Crippen molar-refractivity contribution in [1.82, 2.24) is 0 Å². The van der Waals surface area contributed by atoms with Crippen molar-refractivity contribution in [2.24, 2.45) is 5.41 Å². The van der Waals surface area contributed by atoms with Crippen LogP contribution in [0.4, 0.5) is 0 Å². The standard InChI is InChI=1S/C15H30O3/c1-7-9-10-11-17-13(16)14(3,4)12-15(5,6)18-8-2/h7-12H2,1-6H3. The molecule has 0 aliphatic carbocycles. The smallest absolute Gasteiger partial charge is 0.311 e. The summed E-state index contributed by atoms with van der Waals surface area (Å²) >= 11 is 0. The van der Waals surface area contributed by atoms with Crippen LogP contribution in [0.1, 0.15) is 67.2 Å². The first kappa shape index (κ1) is 17.4. The fourth-order valence-corrected chi connectivity index (χ4v) is 2.29. The molecule has 0 aliphatic heterocycles. The molecule has 0 N–H and O–H groups in total. The predicted octanol–water partition coefficient (Wildman–Crippen LogP) is 3.95. The van der Waals surface area contributed by atoms with Crippen LogP contribution in [0.15, 0.2) is 0 Å². The summed E-state index contributed by atoms with van der Waals surface area (Å²) in [5.41, 5.74) is -0.786. The first-order chi connectivity index (χ1) is 8.25. The third kappa shape index (κ3) is 7.00. The molecule has 0 radical (unpaired) electrons. The van der Waals surface area contributed by atoms with Gasteiger partial charge in [-0.1, -0.05) is 19.8 Å². The topological polar surface area (TPSA) is 35.5 Å². The summed E-state index contributed by atoms with van der Waals surface area (Å²) in [6.45, 7) is 13.2. The number of carbonyl (C=O) groups excluding carboxylic acids is 1. The van der Waals surface area contributed by atoms with Crippen molar-refractivity contribution >= 4 is 5.97 Å². The Morgan fingerprint density at radius 3 is 2.17 bits per heavy atom. The van der Waals surface area contributed by atoms with Crippen molar-refractivity contribution in [3.63, 3.8) is 0 Å². The summed E-state index contributed by atoms with van der Waals surface area (Å²) in [4.78, 5) is 12.0. The summed E-state index contributed by atoms with van der Waals surface area (Å²) in [6.07, 6.45) is 3.87. The molecule has 0 saturated heterocycles. The van der Waals surface area contributed by atoms with Gasteiger partial charge in [0.15, 0.2) is 0 Å². The van der Waals surface area contributed by atoms with E-state index in [1.165, 1.54) is 0 Å². The van der Waals surface area contributed by atoms with E-state index in [1.807, 2.05) is 34.6 Å². The maximum atomic E-state index is 12.0. The highest BCUT2D eigenvalue weighted by Crippen LogP contribution is 2.31. The van der Waals surface area contributed by atoms with Crippen LogP contribution in [-0.2, 0) is 14.3 Å². The Labute approximate surface area is 112 Å². The zero-order chi connectivity index (χ0) is 14.2. The van der Waals surface area contributed by atoms with E-state index in [2.05, 4.69) is 6.92 Å². The SMILES string of the molecule is CCCCCOC(=O)C(C)(C)CC(C)(C)OCC. The Morgan fingerprint density at radius 1 is 1.06 bits per heavy atom. The number of esters is 1. The molecule has 0 fully saturated rings. The van der Waals surface area contributed by atoms with Crippen LogP contribution >= 0.6 is 0 Å². The van der Waals surface area contributed by atoms with E-state index in [0.717, 1.165) is 19.3 Å². The van der Waals surface area contributed by atoms with Gasteiger partial charge >= 0.3 is 5.97 Å². The quantitative estimate of drug-likeness (QED) is 0.464. The minimum Gasteiger partial charge on any atom is -0.465 e. The molecule has 0 aromatic heterocycles. The van der Waals surface area contributed by atoms with Crippen LogP contribution in [-0.4, -0.2) is 24.8 Å². The molecule has 3 heteroatoms. The molecule has 0 heterocycles. The minimum atomic E-state index is -0.495. The molecule has 0 atom stereocenters. The number of hydrogen-bond acceptors (Lipinski definition) is 3. The first-order valence-corrected chi connectivity index (χ1v) is 7.06. The molecule has 18 heavy (non-hydrogen) atoms. The van der Waals surface area contributed by atoms with E-state index >= 15 is 0 Å². The lowest BCUT2D eigenvalue weighted by Gasteiger charge is -2.33. The number of unbranched alkanes of at least 4 members (excludes halogenated alkanes) is 2. The van der Waals surface area contributed by atoms with Gasteiger partial charge in [-0.15, -0.1) is 0 Å². The normalized spacial score (nSPS) is 12.6. The Morgan fingerprint density at radius 2 is 1.67 bits per heavy atom. The number of rotatable bonds is 9.